The molecule has 0 fully saturated rings. The molecular weight excluding hydrogens is 206 g/mol. The minimum absolute atomic E-state index is 0.928. The smallest absolute Gasteiger partial charge is 0.138 e. The number of fused-ring (bicyclic) bond motifs is 1. The van der Waals surface area contributed by atoms with Gasteiger partial charge in [0.2, 0.25) is 0 Å². The fourth-order valence-corrected chi connectivity index (χ4v) is 2.41. The minimum atomic E-state index is 0.928. The predicted molar refractivity (Wildman–Crippen MR) is 63.9 cm³/mol. The Morgan fingerprint density at radius 3 is 3.33 bits per heavy atom. The molecular formula is C11H17N3S. The van der Waals surface area contributed by atoms with Crippen LogP contribution in [-0.4, -0.2) is 22.3 Å². The summed E-state index contributed by atoms with van der Waals surface area (Å²) in [5, 5.41) is 3.33. The lowest BCUT2D eigenvalue weighted by atomic mass is 10.1. The molecule has 0 radical (unpaired) electrons. The Morgan fingerprint density at radius 2 is 2.47 bits per heavy atom. The van der Waals surface area contributed by atoms with E-state index in [9.17, 15) is 0 Å². The molecule has 15 heavy (non-hydrogen) atoms. The van der Waals surface area contributed by atoms with E-state index in [4.69, 9.17) is 0 Å². The minimum Gasteiger partial charge on any atom is -0.312 e. The zero-order chi connectivity index (χ0) is 10.5. The van der Waals surface area contributed by atoms with Gasteiger partial charge in [0, 0.05) is 37.0 Å². The summed E-state index contributed by atoms with van der Waals surface area (Å²) in [6, 6.07) is 0. The van der Waals surface area contributed by atoms with Crippen molar-refractivity contribution in [3.8, 4) is 0 Å². The Labute approximate surface area is 95.1 Å². The molecule has 82 valence electrons. The quantitative estimate of drug-likeness (QED) is 0.789. The maximum atomic E-state index is 4.61. The molecule has 0 spiro atoms. The average Bonchev–Trinajstić information content (AvgIpc) is 2.29. The molecule has 1 aromatic rings. The summed E-state index contributed by atoms with van der Waals surface area (Å²) in [5.74, 6) is 3.14. The molecule has 0 saturated carbocycles. The van der Waals surface area contributed by atoms with Gasteiger partial charge in [-0.3, -0.25) is 0 Å². The van der Waals surface area contributed by atoms with Crippen LogP contribution in [0.15, 0.2) is 6.20 Å². The van der Waals surface area contributed by atoms with Gasteiger partial charge in [0.05, 0.1) is 5.75 Å². The Morgan fingerprint density at radius 1 is 1.53 bits per heavy atom. The molecule has 1 aliphatic heterocycles. The van der Waals surface area contributed by atoms with Crippen LogP contribution in [0.3, 0.4) is 0 Å². The van der Waals surface area contributed by atoms with E-state index < -0.39 is 0 Å². The number of thioether (sulfide) groups is 1. The molecule has 0 bridgehead atoms. The van der Waals surface area contributed by atoms with Crippen LogP contribution in [0.2, 0.25) is 0 Å². The van der Waals surface area contributed by atoms with Crippen LogP contribution in [0, 0.1) is 0 Å². The molecule has 1 aromatic heterocycles. The molecule has 1 aliphatic rings. The lowest BCUT2D eigenvalue weighted by Gasteiger charge is -2.15. The number of hydrogen-bond acceptors (Lipinski definition) is 4. The highest BCUT2D eigenvalue weighted by molar-refractivity contribution is 7.98. The summed E-state index contributed by atoms with van der Waals surface area (Å²) in [4.78, 5) is 9.01. The Kier molecular flexibility index (Phi) is 3.97. The zero-order valence-electron chi connectivity index (χ0n) is 9.12. The van der Waals surface area contributed by atoms with Crippen molar-refractivity contribution in [3.63, 3.8) is 0 Å². The number of hydrogen-bond donors (Lipinski definition) is 1. The van der Waals surface area contributed by atoms with Gasteiger partial charge in [-0.25, -0.2) is 9.97 Å². The Hall–Kier alpha value is -0.610. The van der Waals surface area contributed by atoms with Crippen molar-refractivity contribution in [3.05, 3.63) is 23.3 Å². The van der Waals surface area contributed by atoms with Crippen LogP contribution in [0.5, 0.6) is 0 Å². The van der Waals surface area contributed by atoms with Gasteiger partial charge in [0.1, 0.15) is 5.82 Å². The fourth-order valence-electron chi connectivity index (χ4n) is 1.65. The lowest BCUT2D eigenvalue weighted by molar-refractivity contribution is 0.622. The highest BCUT2D eigenvalue weighted by Gasteiger charge is 2.10. The van der Waals surface area contributed by atoms with Crippen molar-refractivity contribution in [2.45, 2.75) is 32.1 Å². The first-order valence-electron chi connectivity index (χ1n) is 5.52. The molecule has 0 atom stereocenters. The number of nitrogens with one attached hydrogen (secondary N) is 1. The van der Waals surface area contributed by atoms with Gasteiger partial charge in [0.25, 0.3) is 0 Å². The van der Waals surface area contributed by atoms with Gasteiger partial charge in [-0.05, 0) is 12.2 Å². The van der Waals surface area contributed by atoms with Crippen LogP contribution < -0.4 is 5.32 Å². The van der Waals surface area contributed by atoms with Crippen LogP contribution >= 0.6 is 11.8 Å². The first-order chi connectivity index (χ1) is 7.40. The fraction of sp³-hybridized carbons (Fsp3) is 0.636. The summed E-state index contributed by atoms with van der Waals surface area (Å²) in [6.07, 6.45) is 4.25. The summed E-state index contributed by atoms with van der Waals surface area (Å²) >= 11 is 1.92. The van der Waals surface area contributed by atoms with Gasteiger partial charge < -0.3 is 5.32 Å². The van der Waals surface area contributed by atoms with Gasteiger partial charge in [-0.15, -0.1) is 0 Å². The van der Waals surface area contributed by atoms with Crippen molar-refractivity contribution in [2.24, 2.45) is 0 Å². The van der Waals surface area contributed by atoms with E-state index in [1.807, 2.05) is 18.0 Å². The predicted octanol–water partition coefficient (Wildman–Crippen LogP) is 1.77. The molecule has 2 rings (SSSR count). The van der Waals surface area contributed by atoms with Crippen LogP contribution in [0.1, 0.15) is 30.4 Å². The van der Waals surface area contributed by atoms with Crippen LogP contribution in [0.25, 0.3) is 0 Å². The Balaban J connectivity index is 2.00. The summed E-state index contributed by atoms with van der Waals surface area (Å²) in [6.45, 7) is 4.18. The molecule has 0 aromatic carbocycles. The second kappa shape index (κ2) is 5.47. The second-order valence-electron chi connectivity index (χ2n) is 3.74. The SMILES string of the molecule is CCCSCc1ncc2c(n1)CCNC2. The van der Waals surface area contributed by atoms with Crippen molar-refractivity contribution in [2.75, 3.05) is 12.3 Å². The van der Waals surface area contributed by atoms with Crippen molar-refractivity contribution < 1.29 is 0 Å². The zero-order valence-corrected chi connectivity index (χ0v) is 9.94. The molecule has 0 saturated heterocycles. The first-order valence-corrected chi connectivity index (χ1v) is 6.67. The third-order valence-corrected chi connectivity index (χ3v) is 3.60. The Bertz CT molecular complexity index is 328. The molecule has 1 N–H and O–H groups in total. The van der Waals surface area contributed by atoms with Crippen LogP contribution in [0.4, 0.5) is 0 Å². The maximum absolute atomic E-state index is 4.61. The number of nitrogens with zero attached hydrogens (tertiary/aromatic N) is 2. The highest BCUT2D eigenvalue weighted by atomic mass is 32.2. The van der Waals surface area contributed by atoms with Gasteiger partial charge in [-0.1, -0.05) is 6.92 Å². The van der Waals surface area contributed by atoms with E-state index in [2.05, 4.69) is 22.2 Å². The topological polar surface area (TPSA) is 37.8 Å². The highest BCUT2D eigenvalue weighted by Crippen LogP contribution is 2.14. The summed E-state index contributed by atoms with van der Waals surface area (Å²) < 4.78 is 0. The first kappa shape index (κ1) is 10.9. The lowest BCUT2D eigenvalue weighted by Crippen LogP contribution is -2.25. The second-order valence-corrected chi connectivity index (χ2v) is 4.84. The van der Waals surface area contributed by atoms with Gasteiger partial charge in [0.15, 0.2) is 0 Å². The van der Waals surface area contributed by atoms with Crippen molar-refractivity contribution in [1.82, 2.24) is 15.3 Å². The molecule has 4 heteroatoms. The van der Waals surface area contributed by atoms with Crippen molar-refractivity contribution in [1.29, 1.82) is 0 Å². The number of rotatable bonds is 4. The van der Waals surface area contributed by atoms with E-state index in [0.717, 1.165) is 31.1 Å². The number of aromatic nitrogens is 2. The summed E-state index contributed by atoms with van der Waals surface area (Å²) in [7, 11) is 0. The average molecular weight is 223 g/mol. The molecule has 0 amide bonds. The molecule has 0 unspecified atom stereocenters. The van der Waals surface area contributed by atoms with E-state index in [0.29, 0.717) is 0 Å². The van der Waals surface area contributed by atoms with E-state index in [-0.39, 0.29) is 0 Å². The van der Waals surface area contributed by atoms with Crippen LogP contribution in [-0.2, 0) is 18.7 Å². The van der Waals surface area contributed by atoms with Gasteiger partial charge >= 0.3 is 0 Å². The van der Waals surface area contributed by atoms with Crippen molar-refractivity contribution >= 4 is 11.8 Å². The largest absolute Gasteiger partial charge is 0.312 e. The third-order valence-electron chi connectivity index (χ3n) is 2.44. The monoisotopic (exact) mass is 223 g/mol. The standard InChI is InChI=1S/C11H17N3S/c1-2-5-15-8-11-13-7-9-6-12-4-3-10(9)14-11/h7,12H,2-6,8H2,1H3. The van der Waals surface area contributed by atoms with E-state index in [1.54, 1.807) is 0 Å². The molecule has 2 heterocycles. The van der Waals surface area contributed by atoms with E-state index >= 15 is 0 Å². The van der Waals surface area contributed by atoms with Gasteiger partial charge in [-0.2, -0.15) is 11.8 Å². The maximum Gasteiger partial charge on any atom is 0.138 e. The van der Waals surface area contributed by atoms with E-state index in [1.165, 1.54) is 23.4 Å². The third kappa shape index (κ3) is 2.92. The molecule has 3 nitrogen and oxygen atoms in total. The summed E-state index contributed by atoms with van der Waals surface area (Å²) in [5.41, 5.74) is 2.52. The normalized spacial score (nSPS) is 15.0. The molecule has 0 aliphatic carbocycles.